The third kappa shape index (κ3) is 4.41. The summed E-state index contributed by atoms with van der Waals surface area (Å²) >= 11 is 0. The van der Waals surface area contributed by atoms with Gasteiger partial charge in [0.15, 0.2) is 17.3 Å². The summed E-state index contributed by atoms with van der Waals surface area (Å²) in [5.41, 5.74) is 5.71. The molecule has 0 radical (unpaired) electrons. The van der Waals surface area contributed by atoms with Crippen molar-refractivity contribution in [2.75, 3.05) is 7.11 Å². The second-order valence-corrected chi connectivity index (χ2v) is 7.55. The van der Waals surface area contributed by atoms with Gasteiger partial charge in [-0.25, -0.2) is 0 Å². The highest BCUT2D eigenvalue weighted by molar-refractivity contribution is 5.94. The molecule has 2 aromatic carbocycles. The third-order valence-corrected chi connectivity index (χ3v) is 4.50. The van der Waals surface area contributed by atoms with Crippen LogP contribution in [0.25, 0.3) is 0 Å². The number of ketones is 1. The lowest BCUT2D eigenvalue weighted by molar-refractivity contribution is 0.101. The minimum Gasteiger partial charge on any atom is -0.493 e. The average Bonchev–Trinajstić information content (AvgIpc) is 2.52. The van der Waals surface area contributed by atoms with Crippen LogP contribution in [0.3, 0.4) is 0 Å². The van der Waals surface area contributed by atoms with E-state index in [0.29, 0.717) is 23.7 Å². The van der Waals surface area contributed by atoms with Crippen LogP contribution in [0.1, 0.15) is 60.3 Å². The topological polar surface area (TPSA) is 35.5 Å². The Morgan fingerprint density at radius 3 is 2.08 bits per heavy atom. The Morgan fingerprint density at radius 2 is 1.60 bits per heavy atom. The van der Waals surface area contributed by atoms with Crippen LogP contribution >= 0.6 is 0 Å². The fourth-order valence-corrected chi connectivity index (χ4v) is 2.81. The summed E-state index contributed by atoms with van der Waals surface area (Å²) in [5.74, 6) is 1.23. The van der Waals surface area contributed by atoms with Gasteiger partial charge < -0.3 is 9.47 Å². The van der Waals surface area contributed by atoms with Crippen molar-refractivity contribution >= 4 is 5.78 Å². The Hall–Kier alpha value is -2.29. The molecule has 0 aliphatic carbocycles. The van der Waals surface area contributed by atoms with E-state index in [0.717, 1.165) is 0 Å². The van der Waals surface area contributed by atoms with Crippen LogP contribution in [0.5, 0.6) is 11.5 Å². The molecule has 0 amide bonds. The zero-order chi connectivity index (χ0) is 18.8. The van der Waals surface area contributed by atoms with Gasteiger partial charge in [-0.15, -0.1) is 0 Å². The summed E-state index contributed by atoms with van der Waals surface area (Å²) < 4.78 is 11.4. The van der Waals surface area contributed by atoms with Crippen molar-refractivity contribution in [3.05, 3.63) is 58.1 Å². The van der Waals surface area contributed by atoms with Crippen LogP contribution in [0.4, 0.5) is 0 Å². The van der Waals surface area contributed by atoms with Gasteiger partial charge in [0.1, 0.15) is 6.61 Å². The fourth-order valence-electron chi connectivity index (χ4n) is 2.81. The number of hydrogen-bond donors (Lipinski definition) is 0. The Morgan fingerprint density at radius 1 is 1.00 bits per heavy atom. The summed E-state index contributed by atoms with van der Waals surface area (Å²) in [4.78, 5) is 11.5. The number of benzene rings is 2. The van der Waals surface area contributed by atoms with E-state index in [-0.39, 0.29) is 11.2 Å². The molecule has 3 heteroatoms. The van der Waals surface area contributed by atoms with E-state index in [9.17, 15) is 4.79 Å². The number of Topliss-reactive ketones (excluding diaryl/α,β-unsaturated/α-hetero) is 1. The number of aryl methyl sites for hydroxylation is 2. The van der Waals surface area contributed by atoms with E-state index < -0.39 is 0 Å². The molecule has 0 atom stereocenters. The molecule has 0 spiro atoms. The highest BCUT2D eigenvalue weighted by Crippen LogP contribution is 2.31. The highest BCUT2D eigenvalue weighted by atomic mass is 16.5. The van der Waals surface area contributed by atoms with Gasteiger partial charge >= 0.3 is 0 Å². The molecule has 0 heterocycles. The Balaban J connectivity index is 2.26. The van der Waals surface area contributed by atoms with E-state index in [1.807, 2.05) is 0 Å². The average molecular weight is 340 g/mol. The normalized spacial score (nSPS) is 11.3. The molecule has 2 aromatic rings. The first-order valence-corrected chi connectivity index (χ1v) is 8.56. The molecule has 0 saturated carbocycles. The van der Waals surface area contributed by atoms with Crippen molar-refractivity contribution in [1.29, 1.82) is 0 Å². The minimum atomic E-state index is 0.00862. The fraction of sp³-hybridized carbons (Fsp3) is 0.409. The zero-order valence-electron chi connectivity index (χ0n) is 16.3. The van der Waals surface area contributed by atoms with Gasteiger partial charge in [0.05, 0.1) is 7.11 Å². The molecule has 134 valence electrons. The summed E-state index contributed by atoms with van der Waals surface area (Å²) in [6.07, 6.45) is 0. The van der Waals surface area contributed by atoms with Gasteiger partial charge in [0, 0.05) is 5.56 Å². The zero-order valence-corrected chi connectivity index (χ0v) is 16.3. The molecule has 0 bridgehead atoms. The lowest BCUT2D eigenvalue weighted by Crippen LogP contribution is -2.13. The first-order valence-electron chi connectivity index (χ1n) is 8.56. The van der Waals surface area contributed by atoms with Crippen LogP contribution < -0.4 is 9.47 Å². The van der Waals surface area contributed by atoms with E-state index in [1.54, 1.807) is 32.2 Å². The molecular weight excluding hydrogens is 312 g/mol. The second kappa shape index (κ2) is 7.30. The lowest BCUT2D eigenvalue weighted by Gasteiger charge is -2.22. The van der Waals surface area contributed by atoms with E-state index in [2.05, 4.69) is 46.8 Å². The minimum absolute atomic E-state index is 0.00862. The standard InChI is InChI=1S/C22H28O3/c1-14-10-18(22(4,5)6)11-15(2)19(14)13-25-20-9-8-17(16(3)23)12-21(20)24-7/h8-12H,13H2,1-7H3. The molecule has 0 aromatic heterocycles. The number of hydrogen-bond acceptors (Lipinski definition) is 3. The summed E-state index contributed by atoms with van der Waals surface area (Å²) in [6.45, 7) is 12.9. The predicted octanol–water partition coefficient (Wildman–Crippen LogP) is 5.39. The van der Waals surface area contributed by atoms with Crippen molar-refractivity contribution in [2.45, 2.75) is 53.6 Å². The first kappa shape index (κ1) is 19.0. The van der Waals surface area contributed by atoms with Crippen molar-refractivity contribution in [2.24, 2.45) is 0 Å². The van der Waals surface area contributed by atoms with Crippen LogP contribution in [0.15, 0.2) is 30.3 Å². The van der Waals surface area contributed by atoms with E-state index >= 15 is 0 Å². The maximum atomic E-state index is 11.5. The molecule has 0 fully saturated rings. The van der Waals surface area contributed by atoms with Gasteiger partial charge in [0.25, 0.3) is 0 Å². The van der Waals surface area contributed by atoms with Gasteiger partial charge in [-0.3, -0.25) is 4.79 Å². The molecular formula is C22H28O3. The number of carbonyl (C=O) groups is 1. The van der Waals surface area contributed by atoms with Crippen molar-refractivity contribution < 1.29 is 14.3 Å². The summed E-state index contributed by atoms with van der Waals surface area (Å²) in [6, 6.07) is 9.76. The smallest absolute Gasteiger partial charge is 0.161 e. The number of ether oxygens (including phenoxy) is 2. The monoisotopic (exact) mass is 340 g/mol. The summed E-state index contributed by atoms with van der Waals surface area (Å²) in [5, 5.41) is 0. The number of carbonyl (C=O) groups excluding carboxylic acids is 1. The first-order chi connectivity index (χ1) is 11.6. The molecule has 3 nitrogen and oxygen atoms in total. The highest BCUT2D eigenvalue weighted by Gasteiger charge is 2.17. The largest absolute Gasteiger partial charge is 0.493 e. The van der Waals surface area contributed by atoms with Crippen molar-refractivity contribution in [3.8, 4) is 11.5 Å². The number of rotatable bonds is 5. The van der Waals surface area contributed by atoms with Gasteiger partial charge in [-0.1, -0.05) is 32.9 Å². The van der Waals surface area contributed by atoms with Crippen LogP contribution in [0, 0.1) is 13.8 Å². The van der Waals surface area contributed by atoms with Gasteiger partial charge in [-0.05, 0) is 66.6 Å². The molecule has 0 N–H and O–H groups in total. The SMILES string of the molecule is COc1cc(C(C)=O)ccc1OCc1c(C)cc(C(C)(C)C)cc1C. The Kier molecular flexibility index (Phi) is 5.56. The second-order valence-electron chi connectivity index (χ2n) is 7.55. The maximum absolute atomic E-state index is 11.5. The molecule has 2 rings (SSSR count). The lowest BCUT2D eigenvalue weighted by atomic mass is 9.84. The Bertz CT molecular complexity index is 759. The molecule has 25 heavy (non-hydrogen) atoms. The number of methoxy groups -OCH3 is 1. The quantitative estimate of drug-likeness (QED) is 0.684. The van der Waals surface area contributed by atoms with Crippen molar-refractivity contribution in [3.63, 3.8) is 0 Å². The van der Waals surface area contributed by atoms with Gasteiger partial charge in [-0.2, -0.15) is 0 Å². The van der Waals surface area contributed by atoms with Crippen LogP contribution in [0.2, 0.25) is 0 Å². The third-order valence-electron chi connectivity index (χ3n) is 4.50. The molecule has 0 saturated heterocycles. The predicted molar refractivity (Wildman–Crippen MR) is 102 cm³/mol. The van der Waals surface area contributed by atoms with Crippen molar-refractivity contribution in [1.82, 2.24) is 0 Å². The molecule has 0 aliphatic rings. The van der Waals surface area contributed by atoms with E-state index in [4.69, 9.17) is 9.47 Å². The van der Waals surface area contributed by atoms with Gasteiger partial charge in [0.2, 0.25) is 0 Å². The molecule has 0 unspecified atom stereocenters. The molecule has 0 aliphatic heterocycles. The van der Waals surface area contributed by atoms with Crippen LogP contribution in [-0.4, -0.2) is 12.9 Å². The maximum Gasteiger partial charge on any atom is 0.161 e. The Labute approximate surface area is 151 Å². The summed E-state index contributed by atoms with van der Waals surface area (Å²) in [7, 11) is 1.58. The van der Waals surface area contributed by atoms with E-state index in [1.165, 1.54) is 22.3 Å². The van der Waals surface area contributed by atoms with Crippen LogP contribution in [-0.2, 0) is 12.0 Å².